The zero-order valence-electron chi connectivity index (χ0n) is 9.83. The SMILES string of the molecule is O=S(=O)(CCCNC1CC1)c1c(Cl)cccc1Cl. The molecule has 0 spiro atoms. The lowest BCUT2D eigenvalue weighted by Gasteiger charge is -2.08. The van der Waals surface area contributed by atoms with Crippen molar-refractivity contribution in [2.45, 2.75) is 30.2 Å². The molecule has 18 heavy (non-hydrogen) atoms. The monoisotopic (exact) mass is 307 g/mol. The highest BCUT2D eigenvalue weighted by Gasteiger charge is 2.23. The Kier molecular flexibility index (Phi) is 4.54. The molecule has 0 unspecified atom stereocenters. The van der Waals surface area contributed by atoms with E-state index in [2.05, 4.69) is 5.32 Å². The Balaban J connectivity index is 2.00. The van der Waals surface area contributed by atoms with Crippen molar-refractivity contribution >= 4 is 33.0 Å². The van der Waals surface area contributed by atoms with E-state index in [9.17, 15) is 8.42 Å². The van der Waals surface area contributed by atoms with Crippen LogP contribution in [-0.2, 0) is 9.84 Å². The van der Waals surface area contributed by atoms with E-state index < -0.39 is 9.84 Å². The van der Waals surface area contributed by atoms with Crippen LogP contribution in [0.4, 0.5) is 0 Å². The molecule has 1 aliphatic rings. The Bertz CT molecular complexity index is 507. The minimum absolute atomic E-state index is 0.0553. The highest BCUT2D eigenvalue weighted by atomic mass is 35.5. The molecule has 1 aromatic rings. The molecule has 0 amide bonds. The molecule has 1 aromatic carbocycles. The number of hydrogen-bond acceptors (Lipinski definition) is 3. The summed E-state index contributed by atoms with van der Waals surface area (Å²) in [5, 5.41) is 3.66. The summed E-state index contributed by atoms with van der Waals surface area (Å²) in [6.07, 6.45) is 2.96. The minimum atomic E-state index is -3.40. The van der Waals surface area contributed by atoms with Gasteiger partial charge in [-0.3, -0.25) is 0 Å². The summed E-state index contributed by atoms with van der Waals surface area (Å²) in [6.45, 7) is 0.714. The van der Waals surface area contributed by atoms with Gasteiger partial charge in [-0.2, -0.15) is 0 Å². The summed E-state index contributed by atoms with van der Waals surface area (Å²) >= 11 is 11.8. The third-order valence-electron chi connectivity index (χ3n) is 2.83. The van der Waals surface area contributed by atoms with Crippen molar-refractivity contribution in [2.24, 2.45) is 0 Å². The van der Waals surface area contributed by atoms with Crippen molar-refractivity contribution in [1.82, 2.24) is 5.32 Å². The third kappa shape index (κ3) is 3.60. The second-order valence-electron chi connectivity index (χ2n) is 4.45. The van der Waals surface area contributed by atoms with Crippen LogP contribution in [0.3, 0.4) is 0 Å². The molecule has 6 heteroatoms. The first-order chi connectivity index (χ1) is 8.50. The molecule has 1 N–H and O–H groups in total. The van der Waals surface area contributed by atoms with E-state index >= 15 is 0 Å². The predicted molar refractivity (Wildman–Crippen MR) is 74.2 cm³/mol. The topological polar surface area (TPSA) is 46.2 Å². The average Bonchev–Trinajstić information content (AvgIpc) is 3.07. The molecule has 2 rings (SSSR count). The Morgan fingerprint density at radius 2 is 1.83 bits per heavy atom. The van der Waals surface area contributed by atoms with Gasteiger partial charge in [-0.25, -0.2) is 8.42 Å². The van der Waals surface area contributed by atoms with Crippen molar-refractivity contribution in [2.75, 3.05) is 12.3 Å². The lowest BCUT2D eigenvalue weighted by Crippen LogP contribution is -2.20. The summed E-state index contributed by atoms with van der Waals surface area (Å²) in [6, 6.07) is 5.32. The fraction of sp³-hybridized carbons (Fsp3) is 0.500. The van der Waals surface area contributed by atoms with Crippen molar-refractivity contribution in [3.8, 4) is 0 Å². The van der Waals surface area contributed by atoms with Crippen LogP contribution >= 0.6 is 23.2 Å². The molecule has 100 valence electrons. The van der Waals surface area contributed by atoms with Gasteiger partial charge in [0.05, 0.1) is 15.8 Å². The number of rotatable bonds is 6. The quantitative estimate of drug-likeness (QED) is 0.822. The van der Waals surface area contributed by atoms with E-state index in [0.717, 1.165) is 0 Å². The molecule has 0 bridgehead atoms. The van der Waals surface area contributed by atoms with E-state index in [4.69, 9.17) is 23.2 Å². The highest BCUT2D eigenvalue weighted by Crippen LogP contribution is 2.30. The molecule has 0 aromatic heterocycles. The fourth-order valence-corrected chi connectivity index (χ4v) is 4.30. The molecule has 1 aliphatic carbocycles. The molecular weight excluding hydrogens is 293 g/mol. The van der Waals surface area contributed by atoms with Crippen molar-refractivity contribution in [1.29, 1.82) is 0 Å². The van der Waals surface area contributed by atoms with Crippen molar-refractivity contribution in [3.05, 3.63) is 28.2 Å². The van der Waals surface area contributed by atoms with E-state index in [1.54, 1.807) is 18.2 Å². The molecule has 1 saturated carbocycles. The van der Waals surface area contributed by atoms with Crippen molar-refractivity contribution < 1.29 is 8.42 Å². The zero-order chi connectivity index (χ0) is 13.2. The van der Waals surface area contributed by atoms with Crippen LogP contribution in [0.5, 0.6) is 0 Å². The second-order valence-corrected chi connectivity index (χ2v) is 7.31. The molecular formula is C12H15Cl2NO2S. The highest BCUT2D eigenvalue weighted by molar-refractivity contribution is 7.91. The van der Waals surface area contributed by atoms with Gasteiger partial charge in [0.15, 0.2) is 9.84 Å². The fourth-order valence-electron chi connectivity index (χ4n) is 1.74. The van der Waals surface area contributed by atoms with Crippen LogP contribution in [0, 0.1) is 0 Å². The van der Waals surface area contributed by atoms with Gasteiger partial charge < -0.3 is 5.32 Å². The summed E-state index contributed by atoms with van der Waals surface area (Å²) in [7, 11) is -3.40. The van der Waals surface area contributed by atoms with Crippen LogP contribution < -0.4 is 5.32 Å². The molecule has 1 fully saturated rings. The number of benzene rings is 1. The summed E-state index contributed by atoms with van der Waals surface area (Å²) in [4.78, 5) is 0.0553. The lowest BCUT2D eigenvalue weighted by molar-refractivity contribution is 0.588. The Morgan fingerprint density at radius 1 is 1.22 bits per heavy atom. The van der Waals surface area contributed by atoms with E-state index in [-0.39, 0.29) is 20.7 Å². The van der Waals surface area contributed by atoms with Gasteiger partial charge in [0, 0.05) is 6.04 Å². The van der Waals surface area contributed by atoms with Gasteiger partial charge in [-0.1, -0.05) is 29.3 Å². The van der Waals surface area contributed by atoms with Gasteiger partial charge in [0.25, 0.3) is 0 Å². The molecule has 3 nitrogen and oxygen atoms in total. The predicted octanol–water partition coefficient (Wildman–Crippen LogP) is 2.91. The van der Waals surface area contributed by atoms with Crippen LogP contribution in [0.1, 0.15) is 19.3 Å². The zero-order valence-corrected chi connectivity index (χ0v) is 12.2. The Hall–Kier alpha value is -0.290. The second kappa shape index (κ2) is 5.78. The number of nitrogens with one attached hydrogen (secondary N) is 1. The first kappa shape index (κ1) is 14.1. The minimum Gasteiger partial charge on any atom is -0.314 e. The first-order valence-corrected chi connectivity index (χ1v) is 8.32. The van der Waals surface area contributed by atoms with Gasteiger partial charge >= 0.3 is 0 Å². The van der Waals surface area contributed by atoms with E-state index in [1.165, 1.54) is 12.8 Å². The Labute approximate surface area is 117 Å². The first-order valence-electron chi connectivity index (χ1n) is 5.91. The van der Waals surface area contributed by atoms with Gasteiger partial charge in [0.1, 0.15) is 4.90 Å². The molecule has 0 heterocycles. The van der Waals surface area contributed by atoms with E-state index in [1.807, 2.05) is 0 Å². The smallest absolute Gasteiger partial charge is 0.181 e. The maximum absolute atomic E-state index is 12.1. The van der Waals surface area contributed by atoms with Crippen LogP contribution in [0.25, 0.3) is 0 Å². The lowest BCUT2D eigenvalue weighted by atomic mass is 10.4. The summed E-state index contributed by atoms with van der Waals surface area (Å²) < 4.78 is 24.3. The van der Waals surface area contributed by atoms with Crippen molar-refractivity contribution in [3.63, 3.8) is 0 Å². The maximum atomic E-state index is 12.1. The summed E-state index contributed by atoms with van der Waals surface area (Å²) in [5.41, 5.74) is 0. The average molecular weight is 308 g/mol. The molecule has 0 aliphatic heterocycles. The van der Waals surface area contributed by atoms with E-state index in [0.29, 0.717) is 19.0 Å². The molecule has 0 atom stereocenters. The maximum Gasteiger partial charge on any atom is 0.181 e. The van der Waals surface area contributed by atoms with Gasteiger partial charge in [-0.05, 0) is 37.9 Å². The number of hydrogen-bond donors (Lipinski definition) is 1. The Morgan fingerprint density at radius 3 is 2.39 bits per heavy atom. The summed E-state index contributed by atoms with van der Waals surface area (Å²) in [5.74, 6) is 0.0656. The van der Waals surface area contributed by atoms with Crippen LogP contribution in [-0.4, -0.2) is 26.8 Å². The molecule has 0 saturated heterocycles. The third-order valence-corrected chi connectivity index (χ3v) is 5.57. The van der Waals surface area contributed by atoms with Crippen LogP contribution in [0.2, 0.25) is 10.0 Å². The van der Waals surface area contributed by atoms with Gasteiger partial charge in [-0.15, -0.1) is 0 Å². The normalized spacial score (nSPS) is 15.9. The number of sulfone groups is 1. The number of halogens is 2. The van der Waals surface area contributed by atoms with Crippen LogP contribution in [0.15, 0.2) is 23.1 Å². The largest absolute Gasteiger partial charge is 0.314 e. The molecule has 0 radical (unpaired) electrons. The standard InChI is InChI=1S/C12H15Cl2NO2S/c13-10-3-1-4-11(14)12(10)18(16,17)8-2-7-15-9-5-6-9/h1,3-4,9,15H,2,5-8H2. The van der Waals surface area contributed by atoms with Gasteiger partial charge in [0.2, 0.25) is 0 Å².